The van der Waals surface area contributed by atoms with E-state index in [1.807, 2.05) is 4.40 Å². The monoisotopic (exact) mass is 430 g/mol. The maximum Gasteiger partial charge on any atom is 0.405 e. The normalized spacial score (nSPS) is 14.7. The number of halogens is 3. The summed E-state index contributed by atoms with van der Waals surface area (Å²) in [6, 6.07) is 9.34. The molecule has 0 atom stereocenters. The van der Waals surface area contributed by atoms with Crippen molar-refractivity contribution in [3.05, 3.63) is 54.4 Å². The van der Waals surface area contributed by atoms with Crippen molar-refractivity contribution < 1.29 is 22.8 Å². The van der Waals surface area contributed by atoms with E-state index in [0.717, 1.165) is 36.9 Å². The Morgan fingerprint density at radius 3 is 2.65 bits per heavy atom. The molecule has 4 rings (SSSR count). The van der Waals surface area contributed by atoms with Crippen molar-refractivity contribution in [2.24, 2.45) is 5.92 Å². The predicted molar refractivity (Wildman–Crippen MR) is 110 cm³/mol. The van der Waals surface area contributed by atoms with E-state index in [-0.39, 0.29) is 11.7 Å². The minimum atomic E-state index is -4.48. The number of nitrogens with zero attached hydrogens (tertiary/aromatic N) is 2. The number of aromatic nitrogens is 2. The lowest BCUT2D eigenvalue weighted by Crippen LogP contribution is -2.36. The molecule has 31 heavy (non-hydrogen) atoms. The molecule has 0 saturated heterocycles. The molecule has 1 aromatic carbocycles. The van der Waals surface area contributed by atoms with Gasteiger partial charge in [0.25, 0.3) is 0 Å². The molecule has 0 unspecified atom stereocenters. The summed E-state index contributed by atoms with van der Waals surface area (Å²) in [7, 11) is 0. The first-order chi connectivity index (χ1) is 14.8. The Bertz CT molecular complexity index is 1120. The number of fused-ring (bicyclic) bond motifs is 1. The number of hydrogen-bond donors (Lipinski definition) is 2. The highest BCUT2D eigenvalue weighted by Crippen LogP contribution is 2.29. The summed E-state index contributed by atoms with van der Waals surface area (Å²) in [6.07, 6.45) is 3.00. The topological polar surface area (TPSA) is 75.5 Å². The van der Waals surface area contributed by atoms with Gasteiger partial charge in [0.15, 0.2) is 5.78 Å². The number of alkyl halides is 3. The maximum atomic E-state index is 12.7. The van der Waals surface area contributed by atoms with Gasteiger partial charge in [-0.2, -0.15) is 13.2 Å². The fraction of sp³-hybridized carbons (Fsp3) is 0.318. The largest absolute Gasteiger partial charge is 0.405 e. The molecule has 1 aliphatic carbocycles. The number of amides is 2. The summed E-state index contributed by atoms with van der Waals surface area (Å²) in [5.74, 6) is 0.240. The molecule has 2 N–H and O–H groups in total. The zero-order valence-corrected chi connectivity index (χ0v) is 16.6. The van der Waals surface area contributed by atoms with Crippen LogP contribution >= 0.6 is 0 Å². The Labute approximate surface area is 176 Å². The van der Waals surface area contributed by atoms with E-state index < -0.39 is 18.8 Å². The molecule has 1 saturated carbocycles. The smallest absolute Gasteiger partial charge is 0.329 e. The average Bonchev–Trinajstić information content (AvgIpc) is 3.41. The number of ketones is 1. The number of imidazole rings is 1. The van der Waals surface area contributed by atoms with E-state index in [0.29, 0.717) is 16.9 Å². The first kappa shape index (κ1) is 20.9. The number of hydrogen-bond acceptors (Lipinski definition) is 3. The number of nitrogens with one attached hydrogen (secondary N) is 2. The van der Waals surface area contributed by atoms with Crippen molar-refractivity contribution in [1.29, 1.82) is 0 Å². The maximum absolute atomic E-state index is 12.7. The summed E-state index contributed by atoms with van der Waals surface area (Å²) >= 11 is 0. The second-order valence-corrected chi connectivity index (χ2v) is 7.64. The van der Waals surface area contributed by atoms with Crippen LogP contribution in [0.2, 0.25) is 0 Å². The summed E-state index contributed by atoms with van der Waals surface area (Å²) in [6.45, 7) is -1.41. The SMILES string of the molecule is O=C(NCC(F)(F)F)Nc1cccc(-c2cnc3cc(C(=O)C4CCCC4)ccn23)c1. The standard InChI is InChI=1S/C22H21F3N4O2/c23-22(24,25)13-27-21(31)28-17-7-3-6-15(10-17)18-12-26-19-11-16(8-9-29(18)19)20(30)14-4-1-2-5-14/h3,6-12,14H,1-2,4-5,13H2,(H2,27,28,31). The summed E-state index contributed by atoms with van der Waals surface area (Å²) < 4.78 is 38.6. The van der Waals surface area contributed by atoms with Crippen molar-refractivity contribution in [2.75, 3.05) is 11.9 Å². The van der Waals surface area contributed by atoms with Crippen LogP contribution in [0.4, 0.5) is 23.7 Å². The van der Waals surface area contributed by atoms with Crippen LogP contribution < -0.4 is 10.6 Å². The fourth-order valence-electron chi connectivity index (χ4n) is 3.88. The van der Waals surface area contributed by atoms with Crippen LogP contribution in [-0.4, -0.2) is 33.9 Å². The molecule has 162 valence electrons. The van der Waals surface area contributed by atoms with Crippen molar-refractivity contribution in [1.82, 2.24) is 14.7 Å². The molecule has 2 amide bonds. The molecule has 1 fully saturated rings. The van der Waals surface area contributed by atoms with Gasteiger partial charge in [-0.15, -0.1) is 0 Å². The summed E-state index contributed by atoms with van der Waals surface area (Å²) in [5, 5.41) is 4.17. The van der Waals surface area contributed by atoms with E-state index in [2.05, 4.69) is 10.3 Å². The van der Waals surface area contributed by atoms with E-state index in [9.17, 15) is 22.8 Å². The van der Waals surface area contributed by atoms with Crippen LogP contribution in [0.3, 0.4) is 0 Å². The Kier molecular flexibility index (Phi) is 5.67. The van der Waals surface area contributed by atoms with Gasteiger partial charge in [-0.1, -0.05) is 25.0 Å². The molecule has 0 bridgehead atoms. The number of anilines is 1. The number of benzene rings is 1. The van der Waals surface area contributed by atoms with Crippen molar-refractivity contribution >= 4 is 23.1 Å². The van der Waals surface area contributed by atoms with Crippen LogP contribution in [0.25, 0.3) is 16.9 Å². The minimum Gasteiger partial charge on any atom is -0.329 e. The quantitative estimate of drug-likeness (QED) is 0.556. The third-order valence-electron chi connectivity index (χ3n) is 5.39. The van der Waals surface area contributed by atoms with E-state index in [1.54, 1.807) is 54.1 Å². The molecule has 0 aliphatic heterocycles. The number of carbonyl (C=O) groups is 2. The Balaban J connectivity index is 1.53. The van der Waals surface area contributed by atoms with Gasteiger partial charge in [-0.05, 0) is 37.1 Å². The first-order valence-corrected chi connectivity index (χ1v) is 10.0. The van der Waals surface area contributed by atoms with Crippen molar-refractivity contribution in [3.8, 4) is 11.3 Å². The van der Waals surface area contributed by atoms with Crippen LogP contribution in [0.5, 0.6) is 0 Å². The molecule has 0 radical (unpaired) electrons. The average molecular weight is 430 g/mol. The van der Waals surface area contributed by atoms with Gasteiger partial charge < -0.3 is 10.6 Å². The van der Waals surface area contributed by atoms with Crippen LogP contribution in [-0.2, 0) is 0 Å². The molecule has 0 spiro atoms. The number of pyridine rings is 1. The highest BCUT2D eigenvalue weighted by atomic mass is 19.4. The van der Waals surface area contributed by atoms with E-state index >= 15 is 0 Å². The Morgan fingerprint density at radius 2 is 1.90 bits per heavy atom. The van der Waals surface area contributed by atoms with Gasteiger partial charge in [-0.25, -0.2) is 9.78 Å². The molecule has 9 heteroatoms. The molecular weight excluding hydrogens is 409 g/mol. The summed E-state index contributed by atoms with van der Waals surface area (Å²) in [4.78, 5) is 28.8. The lowest BCUT2D eigenvalue weighted by atomic mass is 9.97. The van der Waals surface area contributed by atoms with Crippen molar-refractivity contribution in [3.63, 3.8) is 0 Å². The van der Waals surface area contributed by atoms with Gasteiger partial charge in [0.2, 0.25) is 0 Å². The van der Waals surface area contributed by atoms with Gasteiger partial charge in [0.05, 0.1) is 11.9 Å². The Hall–Kier alpha value is -3.36. The molecule has 6 nitrogen and oxygen atoms in total. The van der Waals surface area contributed by atoms with Crippen molar-refractivity contribution in [2.45, 2.75) is 31.9 Å². The molecule has 1 aliphatic rings. The molecule has 2 heterocycles. The predicted octanol–water partition coefficient (Wildman–Crippen LogP) is 5.06. The number of rotatable bonds is 5. The van der Waals surface area contributed by atoms with Gasteiger partial charge in [-0.3, -0.25) is 9.20 Å². The van der Waals surface area contributed by atoms with Crippen LogP contribution in [0.1, 0.15) is 36.0 Å². The lowest BCUT2D eigenvalue weighted by molar-refractivity contribution is -0.122. The molecular formula is C22H21F3N4O2. The molecule has 2 aromatic heterocycles. The number of carbonyl (C=O) groups excluding carboxylic acids is 2. The highest BCUT2D eigenvalue weighted by molar-refractivity contribution is 5.98. The van der Waals surface area contributed by atoms with Gasteiger partial charge in [0, 0.05) is 28.9 Å². The van der Waals surface area contributed by atoms with Crippen LogP contribution in [0.15, 0.2) is 48.8 Å². The fourth-order valence-corrected chi connectivity index (χ4v) is 3.88. The van der Waals surface area contributed by atoms with Gasteiger partial charge in [0.1, 0.15) is 12.2 Å². The van der Waals surface area contributed by atoms with Crippen LogP contribution in [0, 0.1) is 5.92 Å². The molecule has 3 aromatic rings. The lowest BCUT2D eigenvalue weighted by Gasteiger charge is -2.11. The van der Waals surface area contributed by atoms with E-state index in [4.69, 9.17) is 0 Å². The number of Topliss-reactive ketones (excluding diaryl/α,β-unsaturated/α-hetero) is 1. The Morgan fingerprint density at radius 1 is 1.13 bits per heavy atom. The second-order valence-electron chi connectivity index (χ2n) is 7.64. The zero-order valence-electron chi connectivity index (χ0n) is 16.6. The summed E-state index contributed by atoms with van der Waals surface area (Å²) in [5.41, 5.74) is 3.07. The first-order valence-electron chi connectivity index (χ1n) is 10.0. The van der Waals surface area contributed by atoms with E-state index in [1.165, 1.54) is 0 Å². The number of urea groups is 1. The third kappa shape index (κ3) is 4.87. The minimum absolute atomic E-state index is 0.0862. The highest BCUT2D eigenvalue weighted by Gasteiger charge is 2.27. The van der Waals surface area contributed by atoms with Gasteiger partial charge >= 0.3 is 12.2 Å². The second kappa shape index (κ2) is 8.41. The zero-order chi connectivity index (χ0) is 22.0. The third-order valence-corrected chi connectivity index (χ3v) is 5.39.